The maximum Gasteiger partial charge on any atom is 0.453 e. The summed E-state index contributed by atoms with van der Waals surface area (Å²) >= 11 is 0. The molecule has 0 aromatic carbocycles. The van der Waals surface area contributed by atoms with Gasteiger partial charge in [-0.25, -0.2) is 4.57 Å². The van der Waals surface area contributed by atoms with E-state index in [1.54, 1.807) is 4.57 Å². The third-order valence-corrected chi connectivity index (χ3v) is 1.51. The highest BCUT2D eigenvalue weighted by Gasteiger charge is 2.09. The summed E-state index contributed by atoms with van der Waals surface area (Å²) in [5.74, 6) is 0. The Morgan fingerprint density at radius 1 is 1.70 bits per heavy atom. The number of aromatic nitrogens is 2. The van der Waals surface area contributed by atoms with Gasteiger partial charge in [0.15, 0.2) is 0 Å². The van der Waals surface area contributed by atoms with Crippen molar-refractivity contribution in [2.75, 3.05) is 0 Å². The predicted molar refractivity (Wildman–Crippen MR) is 37.6 cm³/mol. The van der Waals surface area contributed by atoms with Crippen molar-refractivity contribution in [3.05, 3.63) is 12.4 Å². The first-order valence-corrected chi connectivity index (χ1v) is 3.49. The summed E-state index contributed by atoms with van der Waals surface area (Å²) in [7, 11) is 1.82. The van der Waals surface area contributed by atoms with Gasteiger partial charge in [0.2, 0.25) is 0 Å². The SMILES string of the molecule is CCCn1cc[n+](C)c1O. The van der Waals surface area contributed by atoms with Gasteiger partial charge in [0.05, 0.1) is 13.6 Å². The fraction of sp³-hybridized carbons (Fsp3) is 0.571. The largest absolute Gasteiger partial charge is 0.453 e. The molecule has 1 rings (SSSR count). The second kappa shape index (κ2) is 2.73. The fourth-order valence-electron chi connectivity index (χ4n) is 0.932. The van der Waals surface area contributed by atoms with Crippen molar-refractivity contribution < 1.29 is 9.67 Å². The number of hydrogen-bond acceptors (Lipinski definition) is 1. The van der Waals surface area contributed by atoms with E-state index in [1.165, 1.54) is 0 Å². The molecule has 10 heavy (non-hydrogen) atoms. The van der Waals surface area contributed by atoms with Gasteiger partial charge in [-0.3, -0.25) is 0 Å². The standard InChI is InChI=1S/C7H12N2O/c1-3-4-9-6-5-8(2)7(9)10/h5-6H,3-4H2,1-2H3/p+1. The number of aryl methyl sites for hydroxylation is 2. The molecule has 1 N–H and O–H groups in total. The van der Waals surface area contributed by atoms with Gasteiger partial charge >= 0.3 is 6.01 Å². The molecule has 1 aromatic rings. The van der Waals surface area contributed by atoms with Crippen LogP contribution in [0.15, 0.2) is 12.4 Å². The van der Waals surface area contributed by atoms with Crippen molar-refractivity contribution >= 4 is 0 Å². The van der Waals surface area contributed by atoms with Gasteiger partial charge < -0.3 is 5.11 Å². The van der Waals surface area contributed by atoms with Crippen LogP contribution in [0.25, 0.3) is 0 Å². The molecule has 0 spiro atoms. The van der Waals surface area contributed by atoms with Crippen LogP contribution < -0.4 is 4.57 Å². The second-order valence-corrected chi connectivity index (χ2v) is 2.40. The van der Waals surface area contributed by atoms with Crippen molar-refractivity contribution in [3.8, 4) is 6.01 Å². The van der Waals surface area contributed by atoms with E-state index in [1.807, 2.05) is 24.0 Å². The first kappa shape index (κ1) is 7.12. The van der Waals surface area contributed by atoms with Gasteiger partial charge in [-0.1, -0.05) is 6.92 Å². The molecule has 3 heteroatoms. The van der Waals surface area contributed by atoms with Crippen molar-refractivity contribution in [1.82, 2.24) is 4.57 Å². The summed E-state index contributed by atoms with van der Waals surface area (Å²) in [6.45, 7) is 2.96. The Labute approximate surface area is 60.5 Å². The minimum absolute atomic E-state index is 0.321. The summed E-state index contributed by atoms with van der Waals surface area (Å²) < 4.78 is 3.51. The van der Waals surface area contributed by atoms with Gasteiger partial charge in [0, 0.05) is 0 Å². The van der Waals surface area contributed by atoms with Crippen LogP contribution in [0.1, 0.15) is 13.3 Å². The third-order valence-electron chi connectivity index (χ3n) is 1.51. The molecule has 0 radical (unpaired) electrons. The number of rotatable bonds is 2. The smallest absolute Gasteiger partial charge is 0.446 e. The molecule has 0 aliphatic carbocycles. The molecular formula is C7H13N2O+. The molecule has 0 unspecified atom stereocenters. The summed E-state index contributed by atoms with van der Waals surface area (Å²) in [6.07, 6.45) is 4.76. The molecule has 0 aliphatic rings. The van der Waals surface area contributed by atoms with E-state index in [0.717, 1.165) is 13.0 Å². The first-order valence-electron chi connectivity index (χ1n) is 3.49. The molecule has 3 nitrogen and oxygen atoms in total. The molecule has 0 saturated carbocycles. The Morgan fingerprint density at radius 3 is 2.80 bits per heavy atom. The third kappa shape index (κ3) is 1.12. The van der Waals surface area contributed by atoms with E-state index in [0.29, 0.717) is 6.01 Å². The maximum absolute atomic E-state index is 9.29. The van der Waals surface area contributed by atoms with E-state index in [-0.39, 0.29) is 0 Å². The lowest BCUT2D eigenvalue weighted by Crippen LogP contribution is -2.25. The van der Waals surface area contributed by atoms with Crippen molar-refractivity contribution in [3.63, 3.8) is 0 Å². The van der Waals surface area contributed by atoms with E-state index in [4.69, 9.17) is 0 Å². The lowest BCUT2D eigenvalue weighted by atomic mass is 10.5. The molecule has 0 atom stereocenters. The highest BCUT2D eigenvalue weighted by molar-refractivity contribution is 4.84. The molecule has 56 valence electrons. The summed E-state index contributed by atoms with van der Waals surface area (Å²) in [5, 5.41) is 9.29. The molecule has 0 fully saturated rings. The van der Waals surface area contributed by atoms with E-state index in [2.05, 4.69) is 6.92 Å². The lowest BCUT2D eigenvalue weighted by molar-refractivity contribution is -0.677. The molecular weight excluding hydrogens is 128 g/mol. The summed E-state index contributed by atoms with van der Waals surface area (Å²) in [5.41, 5.74) is 0. The van der Waals surface area contributed by atoms with E-state index >= 15 is 0 Å². The van der Waals surface area contributed by atoms with Crippen LogP contribution in [0.2, 0.25) is 0 Å². The minimum Gasteiger partial charge on any atom is -0.446 e. The average Bonchev–Trinajstić information content (AvgIpc) is 2.20. The molecule has 0 amide bonds. The van der Waals surface area contributed by atoms with Crippen LogP contribution in [0, 0.1) is 0 Å². The van der Waals surface area contributed by atoms with Gasteiger partial charge in [-0.15, -0.1) is 0 Å². The van der Waals surface area contributed by atoms with Gasteiger partial charge in [-0.05, 0) is 6.42 Å². The lowest BCUT2D eigenvalue weighted by Gasteiger charge is -1.91. The quantitative estimate of drug-likeness (QED) is 0.594. The maximum atomic E-state index is 9.29. The van der Waals surface area contributed by atoms with Crippen molar-refractivity contribution in [1.29, 1.82) is 0 Å². The van der Waals surface area contributed by atoms with Gasteiger partial charge in [0.25, 0.3) is 0 Å². The van der Waals surface area contributed by atoms with Crippen LogP contribution in [0.5, 0.6) is 6.01 Å². The number of imidazole rings is 1. The zero-order valence-corrected chi connectivity index (χ0v) is 6.41. The normalized spacial score (nSPS) is 10.2. The van der Waals surface area contributed by atoms with Crippen LogP contribution >= 0.6 is 0 Å². The zero-order chi connectivity index (χ0) is 7.56. The Morgan fingerprint density at radius 2 is 2.40 bits per heavy atom. The van der Waals surface area contributed by atoms with Crippen LogP contribution in [0.4, 0.5) is 0 Å². The monoisotopic (exact) mass is 141 g/mol. The first-order chi connectivity index (χ1) is 4.75. The highest BCUT2D eigenvalue weighted by Crippen LogP contribution is 2.01. The molecule has 0 aliphatic heterocycles. The number of hydrogen-bond donors (Lipinski definition) is 1. The van der Waals surface area contributed by atoms with E-state index in [9.17, 15) is 5.11 Å². The molecule has 1 aromatic heterocycles. The van der Waals surface area contributed by atoms with Crippen LogP contribution in [-0.4, -0.2) is 9.67 Å². The van der Waals surface area contributed by atoms with Crippen LogP contribution in [0.3, 0.4) is 0 Å². The summed E-state index contributed by atoms with van der Waals surface area (Å²) in [4.78, 5) is 0. The second-order valence-electron chi connectivity index (χ2n) is 2.40. The van der Waals surface area contributed by atoms with Gasteiger partial charge in [-0.2, -0.15) is 4.57 Å². The predicted octanol–water partition coefficient (Wildman–Crippen LogP) is 0.428. The summed E-state index contributed by atoms with van der Waals surface area (Å²) in [6, 6.07) is 0.321. The van der Waals surface area contributed by atoms with Crippen LogP contribution in [-0.2, 0) is 13.6 Å². The topological polar surface area (TPSA) is 29.0 Å². The Hall–Kier alpha value is -0.990. The Bertz CT molecular complexity index is 217. The Kier molecular flexibility index (Phi) is 1.94. The Balaban J connectivity index is 2.83. The molecule has 0 bridgehead atoms. The fourth-order valence-corrected chi connectivity index (χ4v) is 0.932. The zero-order valence-electron chi connectivity index (χ0n) is 6.41. The molecule has 1 heterocycles. The minimum atomic E-state index is 0.321. The average molecular weight is 141 g/mol. The van der Waals surface area contributed by atoms with Crippen molar-refractivity contribution in [2.45, 2.75) is 19.9 Å². The van der Waals surface area contributed by atoms with E-state index < -0.39 is 0 Å². The number of aromatic hydroxyl groups is 1. The number of nitrogens with zero attached hydrogens (tertiary/aromatic N) is 2. The van der Waals surface area contributed by atoms with Crippen molar-refractivity contribution in [2.24, 2.45) is 7.05 Å². The molecule has 0 saturated heterocycles. The highest BCUT2D eigenvalue weighted by atomic mass is 16.3. The van der Waals surface area contributed by atoms with Gasteiger partial charge in [0.1, 0.15) is 12.4 Å².